The van der Waals surface area contributed by atoms with Crippen LogP contribution in [0, 0.1) is 0 Å². The van der Waals surface area contributed by atoms with Gasteiger partial charge in [0, 0.05) is 38.4 Å². The normalized spacial score (nSPS) is 16.0. The second-order valence-electron chi connectivity index (χ2n) is 4.86. The molecule has 3 heterocycles. The number of rotatable bonds is 2. The van der Waals surface area contributed by atoms with Gasteiger partial charge in [-0.2, -0.15) is 0 Å². The molecule has 0 saturated carbocycles. The molecule has 3 rings (SSSR count). The number of carbonyl (C=O) groups is 2. The first-order valence-electron chi connectivity index (χ1n) is 6.69. The predicted molar refractivity (Wildman–Crippen MR) is 73.1 cm³/mol. The minimum atomic E-state index is 0.00744. The lowest BCUT2D eigenvalue weighted by Gasteiger charge is -2.18. The molecule has 104 valence electrons. The summed E-state index contributed by atoms with van der Waals surface area (Å²) in [6.07, 6.45) is 4.42. The smallest absolute Gasteiger partial charge is 0.228 e. The zero-order valence-electron chi connectivity index (χ0n) is 11.1. The molecular formula is C14H16N4O2. The zero-order chi connectivity index (χ0) is 13.9. The van der Waals surface area contributed by atoms with Gasteiger partial charge in [0.1, 0.15) is 5.65 Å². The molecule has 2 amide bonds. The van der Waals surface area contributed by atoms with Crippen LogP contribution in [0.5, 0.6) is 0 Å². The number of carbonyl (C=O) groups excluding carboxylic acids is 2. The fraction of sp³-hybridized carbons (Fsp3) is 0.357. The maximum atomic E-state index is 12.2. The number of aromatic nitrogens is 2. The number of nitrogens with zero attached hydrogens (tertiary/aromatic N) is 3. The Labute approximate surface area is 116 Å². The molecule has 0 bridgehead atoms. The number of fused-ring (bicyclic) bond motifs is 1. The maximum Gasteiger partial charge on any atom is 0.228 e. The predicted octanol–water partition coefficient (Wildman–Crippen LogP) is 0.225. The van der Waals surface area contributed by atoms with Crippen molar-refractivity contribution < 1.29 is 9.59 Å². The summed E-state index contributed by atoms with van der Waals surface area (Å²) < 4.78 is 1.90. The van der Waals surface area contributed by atoms with E-state index in [1.807, 2.05) is 35.0 Å². The molecule has 20 heavy (non-hydrogen) atoms. The van der Waals surface area contributed by atoms with Crippen LogP contribution in [0.3, 0.4) is 0 Å². The lowest BCUT2D eigenvalue weighted by Crippen LogP contribution is -2.35. The highest BCUT2D eigenvalue weighted by Gasteiger charge is 2.19. The SMILES string of the molecule is O=C1CCN(C(=O)Cc2cn3ccccc3n2)CCN1. The Kier molecular flexibility index (Phi) is 3.37. The summed E-state index contributed by atoms with van der Waals surface area (Å²) in [6.45, 7) is 1.58. The highest BCUT2D eigenvalue weighted by molar-refractivity contribution is 5.81. The Morgan fingerprint density at radius 3 is 3.10 bits per heavy atom. The Morgan fingerprint density at radius 1 is 1.35 bits per heavy atom. The lowest BCUT2D eigenvalue weighted by molar-refractivity contribution is -0.130. The second-order valence-corrected chi connectivity index (χ2v) is 4.86. The van der Waals surface area contributed by atoms with E-state index in [0.29, 0.717) is 26.1 Å². The molecule has 2 aromatic rings. The van der Waals surface area contributed by atoms with E-state index in [9.17, 15) is 9.59 Å². The van der Waals surface area contributed by atoms with Crippen molar-refractivity contribution >= 4 is 17.5 Å². The van der Waals surface area contributed by atoms with Crippen LogP contribution in [0.2, 0.25) is 0 Å². The Bertz CT molecular complexity index is 616. The van der Waals surface area contributed by atoms with Gasteiger partial charge in [-0.1, -0.05) is 6.07 Å². The highest BCUT2D eigenvalue weighted by atomic mass is 16.2. The molecule has 0 aliphatic carbocycles. The van der Waals surface area contributed by atoms with Gasteiger partial charge < -0.3 is 14.6 Å². The summed E-state index contributed by atoms with van der Waals surface area (Å²) in [6, 6.07) is 5.74. The third kappa shape index (κ3) is 2.64. The van der Waals surface area contributed by atoms with Gasteiger partial charge in [0.2, 0.25) is 11.8 Å². The lowest BCUT2D eigenvalue weighted by atomic mass is 10.3. The molecule has 1 aliphatic rings. The summed E-state index contributed by atoms with van der Waals surface area (Å²) in [5.41, 5.74) is 1.59. The van der Waals surface area contributed by atoms with Crippen LogP contribution < -0.4 is 5.32 Å². The molecule has 1 fully saturated rings. The van der Waals surface area contributed by atoms with Crippen LogP contribution in [-0.4, -0.2) is 45.7 Å². The van der Waals surface area contributed by atoms with Crippen molar-refractivity contribution in [3.63, 3.8) is 0 Å². The maximum absolute atomic E-state index is 12.2. The molecule has 0 spiro atoms. The third-order valence-electron chi connectivity index (χ3n) is 3.41. The summed E-state index contributed by atoms with van der Waals surface area (Å²) in [5, 5.41) is 2.76. The van der Waals surface area contributed by atoms with Crippen molar-refractivity contribution in [2.24, 2.45) is 0 Å². The summed E-state index contributed by atoms with van der Waals surface area (Å²) in [5.74, 6) is 0.0259. The summed E-state index contributed by atoms with van der Waals surface area (Å²) in [7, 11) is 0. The molecule has 0 radical (unpaired) electrons. The van der Waals surface area contributed by atoms with Crippen molar-refractivity contribution in [2.45, 2.75) is 12.8 Å². The molecule has 1 saturated heterocycles. The van der Waals surface area contributed by atoms with Gasteiger partial charge in [-0.3, -0.25) is 9.59 Å². The zero-order valence-corrected chi connectivity index (χ0v) is 11.1. The third-order valence-corrected chi connectivity index (χ3v) is 3.41. The minimum Gasteiger partial charge on any atom is -0.354 e. The fourth-order valence-electron chi connectivity index (χ4n) is 2.36. The topological polar surface area (TPSA) is 66.7 Å². The molecule has 6 heteroatoms. The molecule has 0 unspecified atom stereocenters. The van der Waals surface area contributed by atoms with Gasteiger partial charge in [-0.25, -0.2) is 4.98 Å². The molecular weight excluding hydrogens is 256 g/mol. The van der Waals surface area contributed by atoms with Gasteiger partial charge in [0.25, 0.3) is 0 Å². The number of pyridine rings is 1. The van der Waals surface area contributed by atoms with Gasteiger partial charge >= 0.3 is 0 Å². The quantitative estimate of drug-likeness (QED) is 0.850. The van der Waals surface area contributed by atoms with E-state index in [4.69, 9.17) is 0 Å². The monoisotopic (exact) mass is 272 g/mol. The second kappa shape index (κ2) is 5.32. The van der Waals surface area contributed by atoms with E-state index in [-0.39, 0.29) is 18.2 Å². The van der Waals surface area contributed by atoms with Gasteiger partial charge in [-0.05, 0) is 12.1 Å². The van der Waals surface area contributed by atoms with Crippen LogP contribution >= 0.6 is 0 Å². The van der Waals surface area contributed by atoms with Crippen molar-refractivity contribution in [3.8, 4) is 0 Å². The number of nitrogens with one attached hydrogen (secondary N) is 1. The minimum absolute atomic E-state index is 0.00744. The number of imidazole rings is 1. The van der Waals surface area contributed by atoms with Gasteiger partial charge in [0.15, 0.2) is 0 Å². The largest absolute Gasteiger partial charge is 0.354 e. The van der Waals surface area contributed by atoms with Gasteiger partial charge in [-0.15, -0.1) is 0 Å². The summed E-state index contributed by atoms with van der Waals surface area (Å²) >= 11 is 0. The van der Waals surface area contributed by atoms with Crippen LogP contribution in [0.1, 0.15) is 12.1 Å². The van der Waals surface area contributed by atoms with Crippen LogP contribution in [0.15, 0.2) is 30.6 Å². The van der Waals surface area contributed by atoms with Crippen molar-refractivity contribution in [1.82, 2.24) is 19.6 Å². The first kappa shape index (κ1) is 12.7. The average Bonchev–Trinajstić information content (AvgIpc) is 2.71. The highest BCUT2D eigenvalue weighted by Crippen LogP contribution is 2.07. The van der Waals surface area contributed by atoms with E-state index >= 15 is 0 Å². The Hall–Kier alpha value is -2.37. The average molecular weight is 272 g/mol. The van der Waals surface area contributed by atoms with Crippen LogP contribution in [0.4, 0.5) is 0 Å². The Morgan fingerprint density at radius 2 is 2.25 bits per heavy atom. The standard InChI is InChI=1S/C14H16N4O2/c19-13-4-7-17(8-5-15-13)14(20)9-11-10-18-6-2-1-3-12(18)16-11/h1-3,6,10H,4-5,7-9H2,(H,15,19). The van der Waals surface area contributed by atoms with E-state index in [1.165, 1.54) is 0 Å². The van der Waals surface area contributed by atoms with Crippen LogP contribution in [-0.2, 0) is 16.0 Å². The van der Waals surface area contributed by atoms with E-state index in [2.05, 4.69) is 10.3 Å². The van der Waals surface area contributed by atoms with E-state index < -0.39 is 0 Å². The van der Waals surface area contributed by atoms with Crippen molar-refractivity contribution in [1.29, 1.82) is 0 Å². The van der Waals surface area contributed by atoms with Crippen molar-refractivity contribution in [2.75, 3.05) is 19.6 Å². The number of hydrogen-bond donors (Lipinski definition) is 1. The van der Waals surface area contributed by atoms with Crippen LogP contribution in [0.25, 0.3) is 5.65 Å². The molecule has 6 nitrogen and oxygen atoms in total. The number of hydrogen-bond acceptors (Lipinski definition) is 3. The first-order valence-corrected chi connectivity index (χ1v) is 6.69. The first-order chi connectivity index (χ1) is 9.72. The number of amides is 2. The molecule has 0 aromatic carbocycles. The van der Waals surface area contributed by atoms with Gasteiger partial charge in [0.05, 0.1) is 12.1 Å². The Balaban J connectivity index is 1.70. The fourth-order valence-corrected chi connectivity index (χ4v) is 2.36. The summed E-state index contributed by atoms with van der Waals surface area (Å²) in [4.78, 5) is 29.6. The molecule has 1 N–H and O–H groups in total. The van der Waals surface area contributed by atoms with Crippen molar-refractivity contribution in [3.05, 3.63) is 36.3 Å². The molecule has 1 aliphatic heterocycles. The molecule has 2 aromatic heterocycles. The van der Waals surface area contributed by atoms with E-state index in [1.54, 1.807) is 4.90 Å². The van der Waals surface area contributed by atoms with E-state index in [0.717, 1.165) is 11.3 Å². The molecule has 0 atom stereocenters.